The molecule has 354 valence electrons. The molecule has 5 N–H and O–H groups in total. The van der Waals surface area contributed by atoms with Gasteiger partial charge in [-0.25, -0.2) is 0 Å². The number of anilines is 3. The number of hydrogen-bond acceptors (Lipinski definition) is 7. The first-order valence-corrected chi connectivity index (χ1v) is 26.9. The fourth-order valence-electron chi connectivity index (χ4n) is 11.6. The molecule has 5 heterocycles. The Bertz CT molecular complexity index is 3090. The Labute approximate surface area is 402 Å². The summed E-state index contributed by atoms with van der Waals surface area (Å²) in [4.78, 5) is 67.5. The van der Waals surface area contributed by atoms with Crippen LogP contribution < -0.4 is 25.5 Å². The number of likely N-dealkylation sites (tertiary alicyclic amines) is 1. The number of rotatable bonds is 14. The Hall–Kier alpha value is -7.00. The van der Waals surface area contributed by atoms with Gasteiger partial charge in [-0.15, -0.1) is 0 Å². The van der Waals surface area contributed by atoms with Gasteiger partial charge in [0.25, 0.3) is 5.91 Å². The number of hydrogen-bond donors (Lipinski definition) is 5. The summed E-state index contributed by atoms with van der Waals surface area (Å²) < 4.78 is 12.9. The maximum atomic E-state index is 15.8. The molecule has 7 aromatic rings. The van der Waals surface area contributed by atoms with E-state index in [0.29, 0.717) is 29.2 Å². The maximum Gasteiger partial charge on any atom is 0.264 e. The van der Waals surface area contributed by atoms with Gasteiger partial charge in [-0.2, -0.15) is 0 Å². The predicted molar refractivity (Wildman–Crippen MR) is 271 cm³/mol. The molecule has 2 saturated heterocycles. The molecule has 0 aliphatic carbocycles. The average Bonchev–Trinajstić information content (AvgIpc) is 4.18. The molecule has 0 bridgehead atoms. The van der Waals surface area contributed by atoms with Crippen molar-refractivity contribution in [1.82, 2.24) is 14.9 Å². The number of para-hydroxylation sites is 2. The van der Waals surface area contributed by atoms with Crippen molar-refractivity contribution >= 4 is 75.8 Å². The van der Waals surface area contributed by atoms with Crippen LogP contribution in [0.25, 0.3) is 21.8 Å². The summed E-state index contributed by atoms with van der Waals surface area (Å²) in [5.74, 6) is -0.420. The number of carbonyl (C=O) groups excluding carboxylic acids is 4. The van der Waals surface area contributed by atoms with Crippen LogP contribution in [0.3, 0.4) is 0 Å². The first-order chi connectivity index (χ1) is 33.4. The van der Waals surface area contributed by atoms with Crippen LogP contribution in [0.2, 0.25) is 18.6 Å². The van der Waals surface area contributed by atoms with E-state index in [0.717, 1.165) is 62.3 Å². The van der Waals surface area contributed by atoms with Crippen LogP contribution in [0.5, 0.6) is 5.75 Å². The molecule has 0 unspecified atom stereocenters. The molecule has 14 heteroatoms. The Balaban J connectivity index is 1.00. The Kier molecular flexibility index (Phi) is 12.3. The zero-order valence-electron chi connectivity index (χ0n) is 39.4. The predicted octanol–water partition coefficient (Wildman–Crippen LogP) is 8.16. The van der Waals surface area contributed by atoms with Gasteiger partial charge >= 0.3 is 0 Å². The molecule has 1 spiro atoms. The summed E-state index contributed by atoms with van der Waals surface area (Å²) >= 11 is 0. The summed E-state index contributed by atoms with van der Waals surface area (Å²) in [5, 5.41) is 19.5. The first-order valence-electron chi connectivity index (χ1n) is 23.9. The van der Waals surface area contributed by atoms with E-state index in [2.05, 4.69) is 52.8 Å². The molecule has 4 amide bonds. The van der Waals surface area contributed by atoms with Gasteiger partial charge in [0, 0.05) is 63.6 Å². The number of aliphatic hydroxyl groups excluding tert-OH is 1. The number of carbonyl (C=O) groups is 4. The van der Waals surface area contributed by atoms with Crippen LogP contribution in [0.4, 0.5) is 17.1 Å². The second-order valence-electron chi connectivity index (χ2n) is 19.4. The van der Waals surface area contributed by atoms with Gasteiger partial charge in [-0.1, -0.05) is 85.9 Å². The molecule has 5 atom stereocenters. The van der Waals surface area contributed by atoms with Gasteiger partial charge in [0.2, 0.25) is 17.7 Å². The number of aromatic nitrogens is 2. The molecule has 0 saturated carbocycles. The third kappa shape index (κ3) is 8.40. The van der Waals surface area contributed by atoms with Gasteiger partial charge < -0.3 is 45.0 Å². The molecular formula is C55H58N6O7Si. The SMILES string of the molecule is COc1ccc([Si](C)(C)[C@H]2[C@H](CC(=O)N3CCC[C@H]3CO)O[C@@]3(C(=O)N(Cc4cccc(NC(=O)Cc5c[nH]c6ccccc56)c4)c4ccc(NC(=O)Cc5c[nH]c6ccccc56)cc43)[C@@H]2C)cc1. The monoisotopic (exact) mass is 942 g/mol. The molecule has 2 fully saturated rings. The van der Waals surface area contributed by atoms with E-state index in [1.54, 1.807) is 16.9 Å². The number of fused-ring (bicyclic) bond motifs is 4. The van der Waals surface area contributed by atoms with E-state index in [1.807, 2.05) is 116 Å². The summed E-state index contributed by atoms with van der Waals surface area (Å²) in [7, 11) is -0.989. The number of nitrogens with one attached hydrogen (secondary N) is 4. The van der Waals surface area contributed by atoms with Crippen LogP contribution in [0, 0.1) is 5.92 Å². The summed E-state index contributed by atoms with van der Waals surface area (Å²) in [6, 6.07) is 36.7. The lowest BCUT2D eigenvalue weighted by Gasteiger charge is -2.37. The van der Waals surface area contributed by atoms with E-state index in [1.165, 1.54) is 0 Å². The molecule has 10 rings (SSSR count). The molecule has 3 aliphatic heterocycles. The number of ether oxygens (including phenoxy) is 2. The van der Waals surface area contributed by atoms with Crippen molar-refractivity contribution in [3.63, 3.8) is 0 Å². The number of methoxy groups -OCH3 is 1. The maximum absolute atomic E-state index is 15.8. The topological polar surface area (TPSA) is 169 Å². The van der Waals surface area contributed by atoms with Crippen molar-refractivity contribution in [3.05, 3.63) is 150 Å². The summed E-state index contributed by atoms with van der Waals surface area (Å²) in [5.41, 5.74) is 5.12. The third-order valence-corrected chi connectivity index (χ3v) is 19.4. The van der Waals surface area contributed by atoms with Gasteiger partial charge in [0.15, 0.2) is 5.60 Å². The van der Waals surface area contributed by atoms with Crippen molar-refractivity contribution in [3.8, 4) is 5.75 Å². The molecule has 3 aliphatic rings. The lowest BCUT2D eigenvalue weighted by Crippen LogP contribution is -2.52. The standard InChI is InChI=1S/C55H58N6O7Si/c1-34-53(69(3,4)42-21-19-41(67-2)20-22-42)49(29-52(65)60-24-10-13-40(60)33-62)68-55(34)45-28-39(59-51(64)27-37-31-57-47-17-8-6-15-44(37)47)18-23-48(45)61(54(55)66)32-35-11-9-12-38(25-35)58-50(63)26-36-30-56-46-16-7-5-14-43(36)46/h5-9,11-12,14-23,25,28,30-31,34,40,49,53,56-57,62H,10,13,24,26-27,29,32-33H2,1-4H3,(H,58,63)(H,59,64)/t34-,40+,49+,53-,55+/m1/s1. The van der Waals surface area contributed by atoms with Crippen LogP contribution in [0.1, 0.15) is 48.4 Å². The van der Waals surface area contributed by atoms with Crippen LogP contribution >= 0.6 is 0 Å². The number of aromatic amines is 2. The number of benzene rings is 5. The summed E-state index contributed by atoms with van der Waals surface area (Å²) in [6.07, 6.45) is 4.98. The van der Waals surface area contributed by atoms with Crippen molar-refractivity contribution in [2.24, 2.45) is 5.92 Å². The molecule has 5 aromatic carbocycles. The van der Waals surface area contributed by atoms with Crippen molar-refractivity contribution < 1.29 is 33.8 Å². The number of amides is 4. The number of aliphatic hydroxyl groups is 1. The van der Waals surface area contributed by atoms with Crippen LogP contribution in [0.15, 0.2) is 128 Å². The van der Waals surface area contributed by atoms with E-state index >= 15 is 4.79 Å². The van der Waals surface area contributed by atoms with Crippen LogP contribution in [-0.2, 0) is 48.9 Å². The molecule has 13 nitrogen and oxygen atoms in total. The van der Waals surface area contributed by atoms with Gasteiger partial charge in [0.1, 0.15) is 5.75 Å². The molecule has 69 heavy (non-hydrogen) atoms. The Morgan fingerprint density at radius 3 is 2.10 bits per heavy atom. The minimum absolute atomic E-state index is 0.0454. The van der Waals surface area contributed by atoms with Gasteiger partial charge in [-0.05, 0) is 89.7 Å². The van der Waals surface area contributed by atoms with E-state index in [4.69, 9.17) is 9.47 Å². The van der Waals surface area contributed by atoms with Crippen LogP contribution in [-0.4, -0.2) is 84.1 Å². The smallest absolute Gasteiger partial charge is 0.264 e. The first kappa shape index (κ1) is 45.8. The largest absolute Gasteiger partial charge is 0.497 e. The highest BCUT2D eigenvalue weighted by Gasteiger charge is 2.66. The molecular weight excluding hydrogens is 885 g/mol. The quantitative estimate of drug-likeness (QED) is 0.0686. The summed E-state index contributed by atoms with van der Waals surface area (Å²) in [6.45, 7) is 7.25. The number of nitrogens with zero attached hydrogens (tertiary/aromatic N) is 2. The van der Waals surface area contributed by atoms with Crippen molar-refractivity contribution in [2.75, 3.05) is 35.8 Å². The fraction of sp³-hybridized carbons (Fsp3) is 0.309. The lowest BCUT2D eigenvalue weighted by molar-refractivity contribution is -0.150. The van der Waals surface area contributed by atoms with Gasteiger partial charge in [-0.3, -0.25) is 19.2 Å². The van der Waals surface area contributed by atoms with E-state index in [-0.39, 0.29) is 67.6 Å². The highest BCUT2D eigenvalue weighted by molar-refractivity contribution is 6.91. The zero-order valence-corrected chi connectivity index (χ0v) is 40.4. The highest BCUT2D eigenvalue weighted by Crippen LogP contribution is 2.60. The fourth-order valence-corrected chi connectivity index (χ4v) is 15.6. The Morgan fingerprint density at radius 2 is 1.46 bits per heavy atom. The van der Waals surface area contributed by atoms with Crippen molar-refractivity contribution in [2.45, 2.75) is 82.0 Å². The van der Waals surface area contributed by atoms with E-state index in [9.17, 15) is 19.5 Å². The molecule has 2 aromatic heterocycles. The average molecular weight is 943 g/mol. The second-order valence-corrected chi connectivity index (χ2v) is 24.1. The normalized spacial score (nSPS) is 21.1. The lowest BCUT2D eigenvalue weighted by atomic mass is 9.82. The Morgan fingerprint density at radius 1 is 0.826 bits per heavy atom. The van der Waals surface area contributed by atoms with Crippen molar-refractivity contribution in [1.29, 1.82) is 0 Å². The minimum atomic E-state index is -2.63. The molecule has 0 radical (unpaired) electrons. The second kappa shape index (κ2) is 18.5. The number of H-pyrrole nitrogens is 2. The highest BCUT2D eigenvalue weighted by atomic mass is 28.3. The van der Waals surface area contributed by atoms with E-state index < -0.39 is 25.7 Å². The zero-order chi connectivity index (χ0) is 48.0. The minimum Gasteiger partial charge on any atom is -0.497 e. The third-order valence-electron chi connectivity index (χ3n) is 15.0. The van der Waals surface area contributed by atoms with Gasteiger partial charge in [0.05, 0.1) is 65.4 Å².